The van der Waals surface area contributed by atoms with Gasteiger partial charge in [-0.25, -0.2) is 0 Å². The zero-order chi connectivity index (χ0) is 17.8. The van der Waals surface area contributed by atoms with Crippen molar-refractivity contribution in [1.29, 1.82) is 0 Å². The van der Waals surface area contributed by atoms with Gasteiger partial charge in [-0.15, -0.1) is 0 Å². The number of ether oxygens (including phenoxy) is 1. The summed E-state index contributed by atoms with van der Waals surface area (Å²) in [6.45, 7) is 8.47. The third kappa shape index (κ3) is 4.28. The number of nitrogens with one attached hydrogen (secondary N) is 2. The molecular formula is C18H26N4O3. The van der Waals surface area contributed by atoms with Gasteiger partial charge in [0.2, 0.25) is 5.91 Å². The molecule has 2 amide bonds. The molecule has 7 heteroatoms. The number of aromatic amines is 1. The molecule has 3 heterocycles. The van der Waals surface area contributed by atoms with Gasteiger partial charge < -0.3 is 15.0 Å². The molecule has 3 rings (SSSR count). The third-order valence-electron chi connectivity index (χ3n) is 5.00. The maximum Gasteiger partial charge on any atom is 0.271 e. The Balaban J connectivity index is 1.45. The first kappa shape index (κ1) is 17.7. The first-order valence-electron chi connectivity index (χ1n) is 8.92. The molecule has 2 N–H and O–H groups in total. The highest BCUT2D eigenvalue weighted by Gasteiger charge is 2.30. The summed E-state index contributed by atoms with van der Waals surface area (Å²) in [7, 11) is 0. The number of carbonyl (C=O) groups excluding carboxylic acids is 2. The molecule has 0 aromatic carbocycles. The highest BCUT2D eigenvalue weighted by atomic mass is 16.5. The lowest BCUT2D eigenvalue weighted by Crippen LogP contribution is -2.51. The van der Waals surface area contributed by atoms with E-state index in [4.69, 9.17) is 4.74 Å². The number of likely N-dealkylation sites (tertiary alicyclic amines) is 1. The summed E-state index contributed by atoms with van der Waals surface area (Å²) in [5, 5.41) is 10.2. The van der Waals surface area contributed by atoms with Crippen LogP contribution < -0.4 is 5.32 Å². The van der Waals surface area contributed by atoms with Crippen LogP contribution in [0.2, 0.25) is 0 Å². The van der Waals surface area contributed by atoms with Crippen LogP contribution in [0.1, 0.15) is 48.3 Å². The maximum absolute atomic E-state index is 12.4. The highest BCUT2D eigenvalue weighted by molar-refractivity contribution is 5.92. The molecule has 1 aromatic rings. The van der Waals surface area contributed by atoms with E-state index in [1.54, 1.807) is 4.90 Å². The zero-order valence-corrected chi connectivity index (χ0v) is 14.7. The molecule has 0 spiro atoms. The van der Waals surface area contributed by atoms with Crippen LogP contribution in [0.4, 0.5) is 0 Å². The number of hydrogen-bond donors (Lipinski definition) is 2. The second-order valence-corrected chi connectivity index (χ2v) is 7.02. The SMILES string of the molecule is C=CC(=O)N1CC(CC(C)NC(=O)c2cc(C3CCOCC3)[nH]n2)C1. The largest absolute Gasteiger partial charge is 0.381 e. The first-order valence-corrected chi connectivity index (χ1v) is 8.92. The summed E-state index contributed by atoms with van der Waals surface area (Å²) in [6.07, 6.45) is 4.11. The fourth-order valence-electron chi connectivity index (χ4n) is 3.56. The van der Waals surface area contributed by atoms with Gasteiger partial charge in [0.25, 0.3) is 5.91 Å². The summed E-state index contributed by atoms with van der Waals surface area (Å²) in [4.78, 5) is 25.6. The van der Waals surface area contributed by atoms with E-state index in [2.05, 4.69) is 22.1 Å². The minimum Gasteiger partial charge on any atom is -0.381 e. The molecule has 0 bridgehead atoms. The Hall–Kier alpha value is -2.15. The fraction of sp³-hybridized carbons (Fsp3) is 0.611. The van der Waals surface area contributed by atoms with E-state index in [0.717, 1.165) is 51.3 Å². The topological polar surface area (TPSA) is 87.3 Å². The molecular weight excluding hydrogens is 320 g/mol. The standard InChI is InChI=1S/C18H26N4O3/c1-3-17(23)22-10-13(11-22)8-12(2)19-18(24)16-9-15(20-21-16)14-4-6-25-7-5-14/h3,9,12-14H,1,4-8,10-11H2,2H3,(H,19,24)(H,20,21). The number of rotatable bonds is 6. The molecule has 2 fully saturated rings. The maximum atomic E-state index is 12.4. The van der Waals surface area contributed by atoms with Gasteiger partial charge in [0, 0.05) is 44.0 Å². The molecule has 25 heavy (non-hydrogen) atoms. The number of H-pyrrole nitrogens is 1. The van der Waals surface area contributed by atoms with E-state index in [9.17, 15) is 9.59 Å². The van der Waals surface area contributed by atoms with Crippen molar-refractivity contribution in [3.8, 4) is 0 Å². The molecule has 7 nitrogen and oxygen atoms in total. The number of carbonyl (C=O) groups is 2. The minimum absolute atomic E-state index is 0.0231. The molecule has 1 aromatic heterocycles. The second-order valence-electron chi connectivity index (χ2n) is 7.02. The summed E-state index contributed by atoms with van der Waals surface area (Å²) < 4.78 is 5.37. The van der Waals surface area contributed by atoms with Gasteiger partial charge in [0.05, 0.1) is 0 Å². The molecule has 1 unspecified atom stereocenters. The summed E-state index contributed by atoms with van der Waals surface area (Å²) >= 11 is 0. The van der Waals surface area contributed by atoms with Gasteiger partial charge in [0.1, 0.15) is 5.69 Å². The van der Waals surface area contributed by atoms with Crippen molar-refractivity contribution in [3.05, 3.63) is 30.1 Å². The molecule has 0 aliphatic carbocycles. The Kier molecular flexibility index (Phi) is 5.53. The Morgan fingerprint density at radius 1 is 1.48 bits per heavy atom. The van der Waals surface area contributed by atoms with Crippen molar-refractivity contribution in [2.24, 2.45) is 5.92 Å². The van der Waals surface area contributed by atoms with E-state index in [0.29, 0.717) is 17.5 Å². The average Bonchev–Trinajstić information content (AvgIpc) is 3.08. The Bertz CT molecular complexity index is 630. The van der Waals surface area contributed by atoms with Crippen LogP contribution in [0.25, 0.3) is 0 Å². The minimum atomic E-state index is -0.152. The van der Waals surface area contributed by atoms with E-state index >= 15 is 0 Å². The predicted molar refractivity (Wildman–Crippen MR) is 93.2 cm³/mol. The summed E-state index contributed by atoms with van der Waals surface area (Å²) in [5.41, 5.74) is 1.45. The van der Waals surface area contributed by atoms with Crippen LogP contribution in [0.15, 0.2) is 18.7 Å². The average molecular weight is 346 g/mol. The third-order valence-corrected chi connectivity index (χ3v) is 5.00. The van der Waals surface area contributed by atoms with Crippen molar-refractivity contribution in [1.82, 2.24) is 20.4 Å². The number of nitrogens with zero attached hydrogens (tertiary/aromatic N) is 2. The van der Waals surface area contributed by atoms with Crippen molar-refractivity contribution < 1.29 is 14.3 Å². The van der Waals surface area contributed by atoms with Crippen LogP contribution in [0, 0.1) is 5.92 Å². The van der Waals surface area contributed by atoms with Gasteiger partial charge in [-0.2, -0.15) is 5.10 Å². The lowest BCUT2D eigenvalue weighted by molar-refractivity contribution is -0.132. The van der Waals surface area contributed by atoms with E-state index in [-0.39, 0.29) is 17.9 Å². The quantitative estimate of drug-likeness (QED) is 0.764. The molecule has 136 valence electrons. The van der Waals surface area contributed by atoms with Crippen molar-refractivity contribution in [2.75, 3.05) is 26.3 Å². The van der Waals surface area contributed by atoms with Crippen LogP contribution >= 0.6 is 0 Å². The zero-order valence-electron chi connectivity index (χ0n) is 14.7. The van der Waals surface area contributed by atoms with Crippen molar-refractivity contribution in [3.63, 3.8) is 0 Å². The van der Waals surface area contributed by atoms with Crippen LogP contribution in [-0.4, -0.2) is 59.3 Å². The number of hydrogen-bond acceptors (Lipinski definition) is 4. The fourth-order valence-corrected chi connectivity index (χ4v) is 3.56. The highest BCUT2D eigenvalue weighted by Crippen LogP contribution is 2.25. The van der Waals surface area contributed by atoms with Gasteiger partial charge in [-0.3, -0.25) is 14.7 Å². The summed E-state index contributed by atoms with van der Waals surface area (Å²) in [6, 6.07) is 1.90. The van der Waals surface area contributed by atoms with Crippen LogP contribution in [0.3, 0.4) is 0 Å². The second kappa shape index (κ2) is 7.82. The number of amides is 2. The van der Waals surface area contributed by atoms with E-state index in [1.807, 2.05) is 13.0 Å². The predicted octanol–water partition coefficient (Wildman–Crippen LogP) is 1.46. The first-order chi connectivity index (χ1) is 12.1. The molecule has 0 radical (unpaired) electrons. The molecule has 2 saturated heterocycles. The molecule has 0 saturated carbocycles. The molecule has 2 aliphatic heterocycles. The van der Waals surface area contributed by atoms with Gasteiger partial charge in [-0.1, -0.05) is 6.58 Å². The Morgan fingerprint density at radius 2 is 2.20 bits per heavy atom. The van der Waals surface area contributed by atoms with E-state index < -0.39 is 0 Å². The van der Waals surface area contributed by atoms with Gasteiger partial charge >= 0.3 is 0 Å². The van der Waals surface area contributed by atoms with Crippen molar-refractivity contribution in [2.45, 2.75) is 38.1 Å². The monoisotopic (exact) mass is 346 g/mol. The van der Waals surface area contributed by atoms with Crippen molar-refractivity contribution >= 4 is 11.8 Å². The molecule has 1 atom stereocenters. The lowest BCUT2D eigenvalue weighted by Gasteiger charge is -2.39. The Labute approximate surface area is 147 Å². The molecule has 2 aliphatic rings. The van der Waals surface area contributed by atoms with Crippen LogP contribution in [-0.2, 0) is 9.53 Å². The van der Waals surface area contributed by atoms with Gasteiger partial charge in [-0.05, 0) is 44.2 Å². The summed E-state index contributed by atoms with van der Waals surface area (Å²) in [5.74, 6) is 0.644. The van der Waals surface area contributed by atoms with Gasteiger partial charge in [0.15, 0.2) is 0 Å². The normalized spacial score (nSPS) is 20.0. The lowest BCUT2D eigenvalue weighted by atomic mass is 9.92. The number of aromatic nitrogens is 2. The Morgan fingerprint density at radius 3 is 2.88 bits per heavy atom. The smallest absolute Gasteiger partial charge is 0.271 e. The van der Waals surface area contributed by atoms with E-state index in [1.165, 1.54) is 6.08 Å². The van der Waals surface area contributed by atoms with Crippen LogP contribution in [0.5, 0.6) is 0 Å².